The molecule has 0 aliphatic carbocycles. The van der Waals surface area contributed by atoms with E-state index in [4.69, 9.17) is 9.26 Å². The smallest absolute Gasteiger partial charge is 0.257 e. The minimum absolute atomic E-state index is 0.0424. The molecule has 1 amide bonds. The van der Waals surface area contributed by atoms with Gasteiger partial charge < -0.3 is 14.2 Å². The molecule has 1 fully saturated rings. The number of piperidine rings is 1. The molecule has 1 aliphatic heterocycles. The lowest BCUT2D eigenvalue weighted by molar-refractivity contribution is 0.0616. The molecule has 2 aromatic heterocycles. The van der Waals surface area contributed by atoms with Crippen molar-refractivity contribution in [2.75, 3.05) is 26.8 Å². The summed E-state index contributed by atoms with van der Waals surface area (Å²) in [6, 6.07) is 5.95. The summed E-state index contributed by atoms with van der Waals surface area (Å²) in [4.78, 5) is 19.0. The van der Waals surface area contributed by atoms with Crippen molar-refractivity contribution < 1.29 is 18.4 Å². The van der Waals surface area contributed by atoms with Gasteiger partial charge in [-0.15, -0.1) is 0 Å². The number of aromatic amines is 1. The molecule has 0 atom stereocenters. The summed E-state index contributed by atoms with van der Waals surface area (Å²) in [7, 11) is 1.66. The van der Waals surface area contributed by atoms with E-state index in [-0.39, 0.29) is 17.1 Å². The molecule has 3 aromatic rings. The van der Waals surface area contributed by atoms with Crippen LogP contribution in [0.1, 0.15) is 35.4 Å². The van der Waals surface area contributed by atoms with Crippen LogP contribution in [0.5, 0.6) is 0 Å². The summed E-state index contributed by atoms with van der Waals surface area (Å²) < 4.78 is 24.0. The second kappa shape index (κ2) is 8.12. The first-order chi connectivity index (χ1) is 14.1. The molecule has 1 aromatic carbocycles. The number of nitrogens with zero attached hydrogens (tertiary/aromatic N) is 4. The van der Waals surface area contributed by atoms with Crippen LogP contribution in [0.3, 0.4) is 0 Å². The standard InChI is InChI=1S/C20H22FN5O3/c1-28-11-8-20(6-9-26(10-7-20)18(27)15-12-22-23-13-15)19-24-17(29-25-19)14-2-4-16(21)5-3-14/h2-5,12-13H,6-11H2,1H3,(H,22,23). The highest BCUT2D eigenvalue weighted by Crippen LogP contribution is 2.38. The van der Waals surface area contributed by atoms with Gasteiger partial charge in [-0.3, -0.25) is 9.89 Å². The lowest BCUT2D eigenvalue weighted by atomic mass is 9.75. The highest BCUT2D eigenvalue weighted by molar-refractivity contribution is 5.93. The van der Waals surface area contributed by atoms with Crippen LogP contribution in [-0.4, -0.2) is 58.0 Å². The number of carbonyl (C=O) groups excluding carboxylic acids is 1. The van der Waals surface area contributed by atoms with E-state index in [1.807, 2.05) is 4.90 Å². The van der Waals surface area contributed by atoms with Gasteiger partial charge in [0.15, 0.2) is 5.82 Å². The van der Waals surface area contributed by atoms with Gasteiger partial charge in [-0.05, 0) is 43.5 Å². The third kappa shape index (κ3) is 3.91. The summed E-state index contributed by atoms with van der Waals surface area (Å²) in [5, 5.41) is 10.7. The second-order valence-corrected chi connectivity index (χ2v) is 7.23. The first-order valence-corrected chi connectivity index (χ1v) is 9.48. The first-order valence-electron chi connectivity index (χ1n) is 9.48. The molecular weight excluding hydrogens is 377 g/mol. The second-order valence-electron chi connectivity index (χ2n) is 7.23. The van der Waals surface area contributed by atoms with Crippen LogP contribution in [0.25, 0.3) is 11.5 Å². The van der Waals surface area contributed by atoms with Crippen molar-refractivity contribution in [2.24, 2.45) is 0 Å². The Labute approximate surface area is 167 Å². The van der Waals surface area contributed by atoms with Crippen LogP contribution in [-0.2, 0) is 10.2 Å². The SMILES string of the molecule is COCCC1(c2noc(-c3ccc(F)cc3)n2)CCN(C(=O)c2cn[nH]c2)CC1. The van der Waals surface area contributed by atoms with Gasteiger partial charge in [-0.25, -0.2) is 4.39 Å². The van der Waals surface area contributed by atoms with Gasteiger partial charge in [0.05, 0.1) is 11.8 Å². The zero-order valence-electron chi connectivity index (χ0n) is 16.1. The molecule has 9 heteroatoms. The van der Waals surface area contributed by atoms with E-state index in [2.05, 4.69) is 20.3 Å². The lowest BCUT2D eigenvalue weighted by Gasteiger charge is -2.39. The maximum Gasteiger partial charge on any atom is 0.257 e. The number of ether oxygens (including phenoxy) is 1. The number of amides is 1. The molecule has 0 bridgehead atoms. The average molecular weight is 399 g/mol. The average Bonchev–Trinajstić information content (AvgIpc) is 3.45. The molecule has 3 heterocycles. The van der Waals surface area contributed by atoms with Gasteiger partial charge in [0.2, 0.25) is 0 Å². The molecule has 29 heavy (non-hydrogen) atoms. The largest absolute Gasteiger partial charge is 0.385 e. The number of benzene rings is 1. The summed E-state index contributed by atoms with van der Waals surface area (Å²) >= 11 is 0. The number of halogens is 1. The Hall–Kier alpha value is -3.07. The molecule has 0 spiro atoms. The molecule has 0 radical (unpaired) electrons. The van der Waals surface area contributed by atoms with Crippen molar-refractivity contribution in [3.8, 4) is 11.5 Å². The molecule has 1 aliphatic rings. The quantitative estimate of drug-likeness (QED) is 0.685. The Morgan fingerprint density at radius 3 is 2.72 bits per heavy atom. The van der Waals surface area contributed by atoms with Crippen molar-refractivity contribution in [2.45, 2.75) is 24.7 Å². The number of hydrogen-bond donors (Lipinski definition) is 1. The third-order valence-corrected chi connectivity index (χ3v) is 5.53. The molecule has 8 nitrogen and oxygen atoms in total. The van der Waals surface area contributed by atoms with E-state index in [9.17, 15) is 9.18 Å². The van der Waals surface area contributed by atoms with Crippen molar-refractivity contribution in [3.63, 3.8) is 0 Å². The van der Waals surface area contributed by atoms with E-state index >= 15 is 0 Å². The van der Waals surface area contributed by atoms with Gasteiger partial charge in [0.25, 0.3) is 11.8 Å². The Balaban J connectivity index is 1.54. The van der Waals surface area contributed by atoms with Gasteiger partial charge in [-0.1, -0.05) is 5.16 Å². The summed E-state index contributed by atoms with van der Waals surface area (Å²) in [6.45, 7) is 1.71. The number of rotatable bonds is 6. The van der Waals surface area contributed by atoms with Crippen LogP contribution in [0, 0.1) is 5.82 Å². The minimum atomic E-state index is -0.342. The van der Waals surface area contributed by atoms with Crippen molar-refractivity contribution in [3.05, 3.63) is 53.9 Å². The number of aromatic nitrogens is 4. The molecule has 1 N–H and O–H groups in total. The highest BCUT2D eigenvalue weighted by Gasteiger charge is 2.41. The lowest BCUT2D eigenvalue weighted by Crippen LogP contribution is -2.46. The van der Waals surface area contributed by atoms with Crippen LogP contribution in [0.2, 0.25) is 0 Å². The fourth-order valence-electron chi connectivity index (χ4n) is 3.72. The molecule has 0 saturated carbocycles. The summed E-state index contributed by atoms with van der Waals surface area (Å²) in [5.74, 6) is 0.594. The van der Waals surface area contributed by atoms with Crippen molar-refractivity contribution in [1.29, 1.82) is 0 Å². The van der Waals surface area contributed by atoms with Crippen LogP contribution < -0.4 is 0 Å². The van der Waals surface area contributed by atoms with E-state index in [1.165, 1.54) is 18.3 Å². The van der Waals surface area contributed by atoms with Crippen LogP contribution >= 0.6 is 0 Å². The van der Waals surface area contributed by atoms with Crippen molar-refractivity contribution in [1.82, 2.24) is 25.2 Å². The number of methoxy groups -OCH3 is 1. The topological polar surface area (TPSA) is 97.1 Å². The normalized spacial score (nSPS) is 16.1. The van der Waals surface area contributed by atoms with Gasteiger partial charge in [-0.2, -0.15) is 10.1 Å². The third-order valence-electron chi connectivity index (χ3n) is 5.53. The Kier molecular flexibility index (Phi) is 5.39. The fraction of sp³-hybridized carbons (Fsp3) is 0.400. The highest BCUT2D eigenvalue weighted by atomic mass is 19.1. The predicted octanol–water partition coefficient (Wildman–Crippen LogP) is 2.81. The molecule has 4 rings (SSSR count). The minimum Gasteiger partial charge on any atom is -0.385 e. The van der Waals surface area contributed by atoms with Crippen LogP contribution in [0.4, 0.5) is 4.39 Å². The zero-order chi connectivity index (χ0) is 20.3. The molecule has 152 valence electrons. The summed E-state index contributed by atoms with van der Waals surface area (Å²) in [5.41, 5.74) is 0.873. The number of hydrogen-bond acceptors (Lipinski definition) is 6. The van der Waals surface area contributed by atoms with Crippen LogP contribution in [0.15, 0.2) is 41.2 Å². The maximum atomic E-state index is 13.2. The van der Waals surface area contributed by atoms with Gasteiger partial charge in [0, 0.05) is 44.0 Å². The predicted molar refractivity (Wildman–Crippen MR) is 102 cm³/mol. The Morgan fingerprint density at radius 2 is 2.07 bits per heavy atom. The molecular formula is C20H22FN5O3. The fourth-order valence-corrected chi connectivity index (χ4v) is 3.72. The number of likely N-dealkylation sites (tertiary alicyclic amines) is 1. The number of nitrogens with one attached hydrogen (secondary N) is 1. The maximum absolute atomic E-state index is 13.2. The van der Waals surface area contributed by atoms with E-state index < -0.39 is 0 Å². The Morgan fingerprint density at radius 1 is 1.31 bits per heavy atom. The van der Waals surface area contributed by atoms with Gasteiger partial charge >= 0.3 is 0 Å². The molecule has 0 unspecified atom stereocenters. The van der Waals surface area contributed by atoms with Gasteiger partial charge in [0.1, 0.15) is 5.82 Å². The van der Waals surface area contributed by atoms with E-state index in [1.54, 1.807) is 25.4 Å². The number of carbonyl (C=O) groups is 1. The first kappa shape index (κ1) is 19.3. The Bertz CT molecular complexity index is 947. The van der Waals surface area contributed by atoms with Crippen molar-refractivity contribution >= 4 is 5.91 Å². The molecule has 1 saturated heterocycles. The van der Waals surface area contributed by atoms with E-state index in [0.29, 0.717) is 55.4 Å². The van der Waals surface area contributed by atoms with E-state index in [0.717, 1.165) is 6.42 Å². The monoisotopic (exact) mass is 399 g/mol. The summed E-state index contributed by atoms with van der Waals surface area (Å²) in [6.07, 6.45) is 5.25. The zero-order valence-corrected chi connectivity index (χ0v) is 16.1. The number of H-pyrrole nitrogens is 1.